The zero-order valence-electron chi connectivity index (χ0n) is 8.04. The molecule has 7 heteroatoms. The summed E-state index contributed by atoms with van der Waals surface area (Å²) in [5.41, 5.74) is -1.37. The van der Waals surface area contributed by atoms with E-state index >= 15 is 0 Å². The van der Waals surface area contributed by atoms with E-state index < -0.39 is 45.6 Å². The SMILES string of the molecule is O=C(O)c1cnc2c(F)cc(F)c(F)c2c1O. The zero-order chi connectivity index (χ0) is 12.7. The number of carboxylic acid groups (broad SMARTS) is 1. The molecule has 2 aromatic rings. The van der Waals surface area contributed by atoms with Crippen molar-refractivity contribution in [3.63, 3.8) is 0 Å². The van der Waals surface area contributed by atoms with Crippen molar-refractivity contribution in [1.29, 1.82) is 0 Å². The number of halogens is 3. The number of hydrogen-bond donors (Lipinski definition) is 2. The van der Waals surface area contributed by atoms with Crippen LogP contribution >= 0.6 is 0 Å². The van der Waals surface area contributed by atoms with Gasteiger partial charge in [-0.3, -0.25) is 4.98 Å². The monoisotopic (exact) mass is 243 g/mol. The zero-order valence-corrected chi connectivity index (χ0v) is 8.04. The van der Waals surface area contributed by atoms with E-state index in [2.05, 4.69) is 4.98 Å². The number of fused-ring (bicyclic) bond motifs is 1. The second-order valence-corrected chi connectivity index (χ2v) is 3.20. The molecule has 0 radical (unpaired) electrons. The molecule has 17 heavy (non-hydrogen) atoms. The van der Waals surface area contributed by atoms with Crippen molar-refractivity contribution in [2.75, 3.05) is 0 Å². The summed E-state index contributed by atoms with van der Waals surface area (Å²) in [5, 5.41) is 17.2. The quantitative estimate of drug-likeness (QED) is 0.752. The smallest absolute Gasteiger partial charge is 0.341 e. The Bertz CT molecular complexity index is 642. The Hall–Kier alpha value is -2.31. The molecule has 2 rings (SSSR count). The minimum Gasteiger partial charge on any atom is -0.506 e. The third-order valence-electron chi connectivity index (χ3n) is 2.19. The van der Waals surface area contributed by atoms with Gasteiger partial charge in [-0.25, -0.2) is 18.0 Å². The van der Waals surface area contributed by atoms with Gasteiger partial charge in [0.05, 0.1) is 5.39 Å². The van der Waals surface area contributed by atoms with E-state index in [-0.39, 0.29) is 6.07 Å². The molecule has 1 heterocycles. The van der Waals surface area contributed by atoms with Crippen LogP contribution in [0.15, 0.2) is 12.3 Å². The van der Waals surface area contributed by atoms with Gasteiger partial charge in [0.25, 0.3) is 0 Å². The number of aromatic nitrogens is 1. The number of hydrogen-bond acceptors (Lipinski definition) is 3. The molecule has 0 bridgehead atoms. The molecule has 0 fully saturated rings. The van der Waals surface area contributed by atoms with E-state index in [1.54, 1.807) is 0 Å². The average molecular weight is 243 g/mol. The minimum absolute atomic E-state index is 0.268. The highest BCUT2D eigenvalue weighted by molar-refractivity contribution is 5.98. The van der Waals surface area contributed by atoms with Crippen molar-refractivity contribution in [2.24, 2.45) is 0 Å². The van der Waals surface area contributed by atoms with Crippen molar-refractivity contribution in [2.45, 2.75) is 0 Å². The normalized spacial score (nSPS) is 10.8. The van der Waals surface area contributed by atoms with Crippen molar-refractivity contribution < 1.29 is 28.2 Å². The lowest BCUT2D eigenvalue weighted by atomic mass is 10.1. The fourth-order valence-electron chi connectivity index (χ4n) is 1.41. The summed E-state index contributed by atoms with van der Waals surface area (Å²) < 4.78 is 39.5. The number of nitrogens with zero attached hydrogens (tertiary/aromatic N) is 1. The van der Waals surface area contributed by atoms with Crippen LogP contribution in [0.5, 0.6) is 5.75 Å². The summed E-state index contributed by atoms with van der Waals surface area (Å²) in [4.78, 5) is 14.0. The molecule has 0 aliphatic heterocycles. The Labute approximate surface area is 91.9 Å². The second-order valence-electron chi connectivity index (χ2n) is 3.20. The summed E-state index contributed by atoms with van der Waals surface area (Å²) in [6.45, 7) is 0. The molecular formula is C10H4F3NO3. The molecule has 0 spiro atoms. The predicted octanol–water partition coefficient (Wildman–Crippen LogP) is 2.06. The predicted molar refractivity (Wildman–Crippen MR) is 50.2 cm³/mol. The van der Waals surface area contributed by atoms with Crippen molar-refractivity contribution in [3.8, 4) is 5.75 Å². The molecule has 1 aromatic carbocycles. The van der Waals surface area contributed by atoms with Crippen molar-refractivity contribution in [1.82, 2.24) is 4.98 Å². The number of carbonyl (C=O) groups is 1. The van der Waals surface area contributed by atoms with E-state index in [1.165, 1.54) is 0 Å². The largest absolute Gasteiger partial charge is 0.506 e. The lowest BCUT2D eigenvalue weighted by Crippen LogP contribution is -2.01. The van der Waals surface area contributed by atoms with E-state index in [0.29, 0.717) is 6.20 Å². The second kappa shape index (κ2) is 3.62. The highest BCUT2D eigenvalue weighted by Crippen LogP contribution is 2.32. The standard InChI is InChI=1S/C10H4F3NO3/c11-4-1-5(12)8-6(7(4)13)9(15)3(2-14-8)10(16)17/h1-2H,(H,14,15)(H,16,17). The van der Waals surface area contributed by atoms with Crippen LogP contribution < -0.4 is 0 Å². The first-order chi connectivity index (χ1) is 7.93. The fourth-order valence-corrected chi connectivity index (χ4v) is 1.41. The first kappa shape index (κ1) is 11.2. The molecular weight excluding hydrogens is 239 g/mol. The van der Waals surface area contributed by atoms with Crippen LogP contribution in [0.25, 0.3) is 10.9 Å². The van der Waals surface area contributed by atoms with E-state index in [1.807, 2.05) is 0 Å². The number of aromatic hydroxyl groups is 1. The summed E-state index contributed by atoms with van der Waals surface area (Å²) in [7, 11) is 0. The topological polar surface area (TPSA) is 70.4 Å². The maximum absolute atomic E-state index is 13.3. The Morgan fingerprint density at radius 3 is 2.47 bits per heavy atom. The van der Waals surface area contributed by atoms with Gasteiger partial charge in [-0.15, -0.1) is 0 Å². The van der Waals surface area contributed by atoms with Crippen LogP contribution in [0.2, 0.25) is 0 Å². The van der Waals surface area contributed by atoms with E-state index in [4.69, 9.17) is 5.11 Å². The van der Waals surface area contributed by atoms with Gasteiger partial charge in [-0.1, -0.05) is 0 Å². The van der Waals surface area contributed by atoms with Gasteiger partial charge in [0, 0.05) is 12.3 Å². The molecule has 0 unspecified atom stereocenters. The van der Waals surface area contributed by atoms with Crippen molar-refractivity contribution >= 4 is 16.9 Å². The molecule has 1 aromatic heterocycles. The molecule has 2 N–H and O–H groups in total. The summed E-state index contributed by atoms with van der Waals surface area (Å²) in [6, 6.07) is 0.268. The Kier molecular flexibility index (Phi) is 2.38. The Morgan fingerprint density at radius 2 is 1.88 bits per heavy atom. The van der Waals surface area contributed by atoms with Crippen LogP contribution in [0.1, 0.15) is 10.4 Å². The van der Waals surface area contributed by atoms with Crippen LogP contribution in [0, 0.1) is 17.5 Å². The molecule has 0 saturated carbocycles. The number of pyridine rings is 1. The number of rotatable bonds is 1. The maximum atomic E-state index is 13.3. The number of aromatic carboxylic acids is 1. The highest BCUT2D eigenvalue weighted by atomic mass is 19.2. The van der Waals surface area contributed by atoms with Gasteiger partial charge < -0.3 is 10.2 Å². The number of carboxylic acids is 1. The van der Waals surface area contributed by atoms with Crippen LogP contribution in [0.3, 0.4) is 0 Å². The van der Waals surface area contributed by atoms with Crippen molar-refractivity contribution in [3.05, 3.63) is 35.3 Å². The van der Waals surface area contributed by atoms with Gasteiger partial charge in [-0.05, 0) is 0 Å². The van der Waals surface area contributed by atoms with Gasteiger partial charge in [-0.2, -0.15) is 0 Å². The lowest BCUT2D eigenvalue weighted by Gasteiger charge is -2.06. The highest BCUT2D eigenvalue weighted by Gasteiger charge is 2.21. The third-order valence-corrected chi connectivity index (χ3v) is 2.19. The van der Waals surface area contributed by atoms with Gasteiger partial charge >= 0.3 is 5.97 Å². The first-order valence-corrected chi connectivity index (χ1v) is 4.32. The number of benzene rings is 1. The first-order valence-electron chi connectivity index (χ1n) is 4.32. The van der Waals surface area contributed by atoms with E-state index in [0.717, 1.165) is 0 Å². The Balaban J connectivity index is 2.98. The molecule has 4 nitrogen and oxygen atoms in total. The molecule has 0 saturated heterocycles. The molecule has 0 atom stereocenters. The molecule has 0 aliphatic rings. The fraction of sp³-hybridized carbons (Fsp3) is 0. The minimum atomic E-state index is -1.58. The van der Waals surface area contributed by atoms with E-state index in [9.17, 15) is 23.1 Å². The maximum Gasteiger partial charge on any atom is 0.341 e. The van der Waals surface area contributed by atoms with Crippen LogP contribution in [-0.4, -0.2) is 21.2 Å². The summed E-state index contributed by atoms with van der Waals surface area (Å²) in [5.74, 6) is -6.91. The molecule has 88 valence electrons. The summed E-state index contributed by atoms with van der Waals surface area (Å²) >= 11 is 0. The Morgan fingerprint density at radius 1 is 1.24 bits per heavy atom. The average Bonchev–Trinajstić information content (AvgIpc) is 2.25. The van der Waals surface area contributed by atoms with Crippen LogP contribution in [-0.2, 0) is 0 Å². The van der Waals surface area contributed by atoms with Gasteiger partial charge in [0.15, 0.2) is 17.5 Å². The van der Waals surface area contributed by atoms with Gasteiger partial charge in [0.2, 0.25) is 0 Å². The van der Waals surface area contributed by atoms with Gasteiger partial charge in [0.1, 0.15) is 16.8 Å². The molecule has 0 aliphatic carbocycles. The molecule has 0 amide bonds. The summed E-state index contributed by atoms with van der Waals surface area (Å²) in [6.07, 6.45) is 0.667. The van der Waals surface area contributed by atoms with Crippen LogP contribution in [0.4, 0.5) is 13.2 Å². The third kappa shape index (κ3) is 1.55. The lowest BCUT2D eigenvalue weighted by molar-refractivity contribution is 0.0693.